The van der Waals surface area contributed by atoms with Crippen molar-refractivity contribution in [2.24, 2.45) is 4.99 Å². The highest BCUT2D eigenvalue weighted by atomic mass is 19.1. The number of hydrogen-bond donors (Lipinski definition) is 3. The Hall–Kier alpha value is -2.80. The fourth-order valence-corrected chi connectivity index (χ4v) is 3.75. The molecule has 31 heavy (non-hydrogen) atoms. The van der Waals surface area contributed by atoms with E-state index in [1.165, 1.54) is 0 Å². The number of methoxy groups -OCH3 is 1. The zero-order valence-electron chi connectivity index (χ0n) is 18.4. The van der Waals surface area contributed by atoms with Gasteiger partial charge in [-0.25, -0.2) is 9.38 Å². The molecule has 0 aromatic heterocycles. The molecule has 1 aliphatic heterocycles. The molecular formula is C24H33FN4O2. The van der Waals surface area contributed by atoms with E-state index in [0.29, 0.717) is 50.7 Å². The number of benzene rings is 2. The van der Waals surface area contributed by atoms with Gasteiger partial charge in [-0.1, -0.05) is 24.3 Å². The number of piperidine rings is 1. The van der Waals surface area contributed by atoms with Crippen LogP contribution in [0.5, 0.6) is 5.75 Å². The number of nitrogens with zero attached hydrogens (tertiary/aromatic N) is 2. The molecular weight excluding hydrogens is 395 g/mol. The van der Waals surface area contributed by atoms with Crippen LogP contribution in [0.15, 0.2) is 47.5 Å². The number of aliphatic hydroxyl groups is 1. The number of anilines is 1. The van der Waals surface area contributed by atoms with E-state index in [0.717, 1.165) is 29.8 Å². The maximum absolute atomic E-state index is 14.7. The molecule has 0 spiro atoms. The molecule has 0 bridgehead atoms. The van der Waals surface area contributed by atoms with Gasteiger partial charge in [0.1, 0.15) is 11.6 Å². The van der Waals surface area contributed by atoms with Gasteiger partial charge < -0.3 is 25.4 Å². The minimum absolute atomic E-state index is 0.238. The Kier molecular flexibility index (Phi) is 8.53. The van der Waals surface area contributed by atoms with Crippen molar-refractivity contribution in [3.05, 3.63) is 59.4 Å². The highest BCUT2D eigenvalue weighted by molar-refractivity contribution is 5.79. The molecule has 0 radical (unpaired) electrons. The zero-order chi connectivity index (χ0) is 22.1. The summed E-state index contributed by atoms with van der Waals surface area (Å²) in [7, 11) is 1.68. The second-order valence-corrected chi connectivity index (χ2v) is 7.69. The topological polar surface area (TPSA) is 69.1 Å². The summed E-state index contributed by atoms with van der Waals surface area (Å²) in [5.41, 5.74) is 2.55. The van der Waals surface area contributed by atoms with Crippen molar-refractivity contribution in [1.82, 2.24) is 10.6 Å². The van der Waals surface area contributed by atoms with E-state index in [9.17, 15) is 9.50 Å². The maximum atomic E-state index is 14.7. The predicted octanol–water partition coefficient (Wildman–Crippen LogP) is 3.09. The monoisotopic (exact) mass is 428 g/mol. The van der Waals surface area contributed by atoms with Gasteiger partial charge in [0.15, 0.2) is 5.96 Å². The van der Waals surface area contributed by atoms with Crippen LogP contribution >= 0.6 is 0 Å². The summed E-state index contributed by atoms with van der Waals surface area (Å²) in [6.07, 6.45) is 1.89. The van der Waals surface area contributed by atoms with Crippen molar-refractivity contribution in [3.63, 3.8) is 0 Å². The fourth-order valence-electron chi connectivity index (χ4n) is 3.75. The summed E-state index contributed by atoms with van der Waals surface area (Å²) < 4.78 is 20.1. The third-order valence-corrected chi connectivity index (χ3v) is 5.46. The average Bonchev–Trinajstić information content (AvgIpc) is 2.78. The fraction of sp³-hybridized carbons (Fsp3) is 0.458. The van der Waals surface area contributed by atoms with Gasteiger partial charge in [0.05, 0.1) is 25.4 Å². The minimum atomic E-state index is -0.270. The highest BCUT2D eigenvalue weighted by Gasteiger charge is 2.19. The molecule has 3 N–H and O–H groups in total. The molecule has 0 unspecified atom stereocenters. The van der Waals surface area contributed by atoms with Gasteiger partial charge in [0.25, 0.3) is 0 Å². The molecule has 168 valence electrons. The van der Waals surface area contributed by atoms with Crippen LogP contribution in [-0.4, -0.2) is 50.5 Å². The number of aliphatic imine (C=N–C) groups is 1. The Morgan fingerprint density at radius 2 is 1.97 bits per heavy atom. The molecule has 1 fully saturated rings. The van der Waals surface area contributed by atoms with E-state index < -0.39 is 0 Å². The molecule has 1 saturated heterocycles. The summed E-state index contributed by atoms with van der Waals surface area (Å²) in [5, 5.41) is 16.2. The lowest BCUT2D eigenvalue weighted by molar-refractivity contribution is 0.145. The standard InChI is InChI=1S/C24H33FN4O2/c1-3-26-24(27-13-10-19-6-4-5-7-23(19)31-2)28-17-18-8-9-22(21(25)16-18)29-14-11-20(30)12-15-29/h4-9,16,20,30H,3,10-15,17H2,1-2H3,(H2,26,27,28). The number of nitrogens with one attached hydrogen (secondary N) is 2. The van der Waals surface area contributed by atoms with E-state index in [1.54, 1.807) is 13.2 Å². The van der Waals surface area contributed by atoms with Gasteiger partial charge in [-0.3, -0.25) is 0 Å². The van der Waals surface area contributed by atoms with Crippen molar-refractivity contribution in [1.29, 1.82) is 0 Å². The summed E-state index contributed by atoms with van der Waals surface area (Å²) in [4.78, 5) is 6.60. The first kappa shape index (κ1) is 22.9. The van der Waals surface area contributed by atoms with Gasteiger partial charge in [0, 0.05) is 26.2 Å². The van der Waals surface area contributed by atoms with Gasteiger partial charge in [-0.05, 0) is 55.5 Å². The first-order valence-electron chi connectivity index (χ1n) is 11.0. The van der Waals surface area contributed by atoms with Crippen LogP contribution in [0.2, 0.25) is 0 Å². The van der Waals surface area contributed by atoms with Gasteiger partial charge in [0.2, 0.25) is 0 Å². The number of halogens is 1. The Morgan fingerprint density at radius 1 is 1.19 bits per heavy atom. The highest BCUT2D eigenvalue weighted by Crippen LogP contribution is 2.24. The normalized spacial score (nSPS) is 15.1. The number of aliphatic hydroxyl groups excluding tert-OH is 1. The molecule has 1 heterocycles. The lowest BCUT2D eigenvalue weighted by Gasteiger charge is -2.31. The second-order valence-electron chi connectivity index (χ2n) is 7.69. The summed E-state index contributed by atoms with van der Waals surface area (Å²) in [6.45, 7) is 5.21. The molecule has 0 amide bonds. The molecule has 2 aromatic carbocycles. The van der Waals surface area contributed by atoms with E-state index in [-0.39, 0.29) is 11.9 Å². The van der Waals surface area contributed by atoms with Gasteiger partial charge >= 0.3 is 0 Å². The Bertz CT molecular complexity index is 866. The summed E-state index contributed by atoms with van der Waals surface area (Å²) in [5.74, 6) is 1.34. The lowest BCUT2D eigenvalue weighted by Crippen LogP contribution is -2.38. The molecule has 3 rings (SSSR count). The van der Waals surface area contributed by atoms with Crippen molar-refractivity contribution in [2.45, 2.75) is 38.8 Å². The molecule has 0 saturated carbocycles. The van der Waals surface area contributed by atoms with Crippen molar-refractivity contribution >= 4 is 11.6 Å². The van der Waals surface area contributed by atoms with Crippen LogP contribution in [0.4, 0.5) is 10.1 Å². The van der Waals surface area contributed by atoms with Crippen LogP contribution in [0, 0.1) is 5.82 Å². The SMILES string of the molecule is CCNC(=NCc1ccc(N2CCC(O)CC2)c(F)c1)NCCc1ccccc1OC. The van der Waals surface area contributed by atoms with Crippen LogP contribution in [0.3, 0.4) is 0 Å². The largest absolute Gasteiger partial charge is 0.496 e. The third-order valence-electron chi connectivity index (χ3n) is 5.46. The van der Waals surface area contributed by atoms with E-state index >= 15 is 0 Å². The minimum Gasteiger partial charge on any atom is -0.496 e. The smallest absolute Gasteiger partial charge is 0.191 e. The Balaban J connectivity index is 1.57. The van der Waals surface area contributed by atoms with Crippen molar-refractivity contribution in [3.8, 4) is 5.75 Å². The third kappa shape index (κ3) is 6.59. The second kappa shape index (κ2) is 11.6. The molecule has 2 aromatic rings. The quantitative estimate of drug-likeness (QED) is 0.445. The molecule has 0 aliphatic carbocycles. The molecule has 0 atom stereocenters. The number of guanidine groups is 1. The van der Waals surface area contributed by atoms with E-state index in [1.807, 2.05) is 42.2 Å². The van der Waals surface area contributed by atoms with Gasteiger partial charge in [-0.2, -0.15) is 0 Å². The average molecular weight is 429 g/mol. The number of rotatable bonds is 8. The number of hydrogen-bond acceptors (Lipinski definition) is 4. The molecule has 1 aliphatic rings. The lowest BCUT2D eigenvalue weighted by atomic mass is 10.1. The van der Waals surface area contributed by atoms with Crippen LogP contribution in [0.1, 0.15) is 30.9 Å². The Labute approximate surface area is 184 Å². The summed E-state index contributed by atoms with van der Waals surface area (Å²) >= 11 is 0. The molecule has 6 nitrogen and oxygen atoms in total. The first-order chi connectivity index (χ1) is 15.1. The van der Waals surface area contributed by atoms with E-state index in [2.05, 4.69) is 21.7 Å². The van der Waals surface area contributed by atoms with Crippen LogP contribution < -0.4 is 20.3 Å². The number of para-hydroxylation sites is 1. The zero-order valence-corrected chi connectivity index (χ0v) is 18.4. The van der Waals surface area contributed by atoms with Gasteiger partial charge in [-0.15, -0.1) is 0 Å². The Morgan fingerprint density at radius 3 is 2.68 bits per heavy atom. The van der Waals surface area contributed by atoms with Crippen molar-refractivity contribution in [2.75, 3.05) is 38.2 Å². The van der Waals surface area contributed by atoms with Crippen LogP contribution in [0.25, 0.3) is 0 Å². The number of ether oxygens (including phenoxy) is 1. The van der Waals surface area contributed by atoms with E-state index in [4.69, 9.17) is 4.74 Å². The first-order valence-corrected chi connectivity index (χ1v) is 11.0. The summed E-state index contributed by atoms with van der Waals surface area (Å²) in [6, 6.07) is 13.3. The van der Waals surface area contributed by atoms with Crippen LogP contribution in [-0.2, 0) is 13.0 Å². The van der Waals surface area contributed by atoms with Crippen molar-refractivity contribution < 1.29 is 14.2 Å². The molecule has 7 heteroatoms. The maximum Gasteiger partial charge on any atom is 0.191 e. The predicted molar refractivity (Wildman–Crippen MR) is 123 cm³/mol.